The second kappa shape index (κ2) is 4.58. The third-order valence-corrected chi connectivity index (χ3v) is 2.28. The Labute approximate surface area is 82.9 Å². The van der Waals surface area contributed by atoms with Crippen molar-refractivity contribution in [1.82, 2.24) is 5.32 Å². The van der Waals surface area contributed by atoms with Crippen LogP contribution in [0.4, 0.5) is 4.39 Å². The second-order valence-electron chi connectivity index (χ2n) is 2.95. The Bertz CT molecular complexity index is 288. The van der Waals surface area contributed by atoms with Crippen molar-refractivity contribution in [3.63, 3.8) is 0 Å². The first-order chi connectivity index (χ1) is 6.15. The lowest BCUT2D eigenvalue weighted by Crippen LogP contribution is -2.18. The molecular formula is C10H13ClFN. The maximum atomic E-state index is 12.9. The molecule has 1 aromatic rings. The molecular weight excluding hydrogens is 189 g/mol. The molecule has 1 aromatic carbocycles. The van der Waals surface area contributed by atoms with Crippen molar-refractivity contribution in [1.29, 1.82) is 0 Å². The molecule has 72 valence electrons. The predicted molar refractivity (Wildman–Crippen MR) is 53.5 cm³/mol. The molecule has 1 unspecified atom stereocenters. The molecule has 0 aliphatic carbocycles. The van der Waals surface area contributed by atoms with Crippen LogP contribution < -0.4 is 5.32 Å². The van der Waals surface area contributed by atoms with Gasteiger partial charge in [0.25, 0.3) is 0 Å². The van der Waals surface area contributed by atoms with E-state index in [0.717, 1.165) is 12.1 Å². The Hall–Kier alpha value is -0.600. The Kier molecular flexibility index (Phi) is 3.70. The highest BCUT2D eigenvalue weighted by molar-refractivity contribution is 6.31. The fraction of sp³-hybridized carbons (Fsp3) is 0.400. The zero-order chi connectivity index (χ0) is 9.84. The molecule has 0 saturated heterocycles. The van der Waals surface area contributed by atoms with E-state index in [1.807, 2.05) is 13.8 Å². The number of hydrogen-bond donors (Lipinski definition) is 1. The zero-order valence-electron chi connectivity index (χ0n) is 7.77. The summed E-state index contributed by atoms with van der Waals surface area (Å²) >= 11 is 5.92. The van der Waals surface area contributed by atoms with E-state index in [-0.39, 0.29) is 11.9 Å². The lowest BCUT2D eigenvalue weighted by atomic mass is 10.1. The van der Waals surface area contributed by atoms with Gasteiger partial charge in [0.2, 0.25) is 0 Å². The highest BCUT2D eigenvalue weighted by Crippen LogP contribution is 2.23. The molecule has 0 saturated carbocycles. The minimum Gasteiger partial charge on any atom is -0.310 e. The molecule has 3 heteroatoms. The summed E-state index contributed by atoms with van der Waals surface area (Å²) in [5.74, 6) is -0.246. The summed E-state index contributed by atoms with van der Waals surface area (Å²) in [6.07, 6.45) is 0. The zero-order valence-corrected chi connectivity index (χ0v) is 8.53. The van der Waals surface area contributed by atoms with Crippen LogP contribution in [-0.2, 0) is 0 Å². The number of rotatable bonds is 3. The summed E-state index contributed by atoms with van der Waals surface area (Å²) in [6.45, 7) is 4.81. The molecule has 0 bridgehead atoms. The molecule has 0 spiro atoms. The van der Waals surface area contributed by atoms with E-state index in [1.54, 1.807) is 6.07 Å². The smallest absolute Gasteiger partial charge is 0.123 e. The van der Waals surface area contributed by atoms with Gasteiger partial charge < -0.3 is 5.32 Å². The summed E-state index contributed by atoms with van der Waals surface area (Å²) in [6, 6.07) is 4.51. The summed E-state index contributed by atoms with van der Waals surface area (Å²) < 4.78 is 12.9. The van der Waals surface area contributed by atoms with Crippen LogP contribution in [-0.4, -0.2) is 6.54 Å². The molecule has 0 amide bonds. The molecule has 0 fully saturated rings. The van der Waals surface area contributed by atoms with Gasteiger partial charge in [-0.15, -0.1) is 0 Å². The van der Waals surface area contributed by atoms with Crippen LogP contribution in [0.25, 0.3) is 0 Å². The third kappa shape index (κ3) is 2.68. The quantitative estimate of drug-likeness (QED) is 0.792. The van der Waals surface area contributed by atoms with Gasteiger partial charge in [-0.1, -0.05) is 18.5 Å². The maximum absolute atomic E-state index is 12.9. The van der Waals surface area contributed by atoms with Crippen molar-refractivity contribution in [3.05, 3.63) is 34.6 Å². The van der Waals surface area contributed by atoms with E-state index < -0.39 is 0 Å². The largest absolute Gasteiger partial charge is 0.310 e. The topological polar surface area (TPSA) is 12.0 Å². The van der Waals surface area contributed by atoms with Crippen molar-refractivity contribution >= 4 is 11.6 Å². The molecule has 0 aliphatic rings. The van der Waals surface area contributed by atoms with Crippen LogP contribution >= 0.6 is 11.6 Å². The monoisotopic (exact) mass is 201 g/mol. The van der Waals surface area contributed by atoms with Crippen molar-refractivity contribution in [2.45, 2.75) is 19.9 Å². The van der Waals surface area contributed by atoms with Crippen LogP contribution in [0.5, 0.6) is 0 Å². The predicted octanol–water partition coefficient (Wildman–Crippen LogP) is 3.15. The molecule has 1 nitrogen and oxygen atoms in total. The lowest BCUT2D eigenvalue weighted by Gasteiger charge is -2.14. The van der Waals surface area contributed by atoms with Crippen LogP contribution in [0.1, 0.15) is 25.5 Å². The van der Waals surface area contributed by atoms with Crippen LogP contribution in [0.3, 0.4) is 0 Å². The molecule has 0 aromatic heterocycles. The Morgan fingerprint density at radius 3 is 2.85 bits per heavy atom. The minimum atomic E-state index is -0.246. The van der Waals surface area contributed by atoms with Gasteiger partial charge in [-0.05, 0) is 37.2 Å². The van der Waals surface area contributed by atoms with Gasteiger partial charge >= 0.3 is 0 Å². The molecule has 0 heterocycles. The van der Waals surface area contributed by atoms with Gasteiger partial charge in [-0.3, -0.25) is 0 Å². The van der Waals surface area contributed by atoms with Crippen LogP contribution in [0.15, 0.2) is 18.2 Å². The van der Waals surface area contributed by atoms with Crippen molar-refractivity contribution in [3.8, 4) is 0 Å². The van der Waals surface area contributed by atoms with E-state index in [1.165, 1.54) is 12.1 Å². The Morgan fingerprint density at radius 1 is 1.54 bits per heavy atom. The van der Waals surface area contributed by atoms with Gasteiger partial charge in [0.1, 0.15) is 5.82 Å². The minimum absolute atomic E-state index is 0.0909. The molecule has 1 N–H and O–H groups in total. The van der Waals surface area contributed by atoms with Gasteiger partial charge in [0.15, 0.2) is 0 Å². The molecule has 1 rings (SSSR count). The van der Waals surface area contributed by atoms with Crippen LogP contribution in [0.2, 0.25) is 5.02 Å². The van der Waals surface area contributed by atoms with E-state index in [2.05, 4.69) is 5.32 Å². The molecule has 13 heavy (non-hydrogen) atoms. The molecule has 1 atom stereocenters. The van der Waals surface area contributed by atoms with Gasteiger partial charge in [-0.25, -0.2) is 4.39 Å². The molecule has 0 radical (unpaired) electrons. The first-order valence-electron chi connectivity index (χ1n) is 4.33. The standard InChI is InChI=1S/C10H13ClFN/c1-3-13-7(2)9-6-8(12)4-5-10(9)11/h4-7,13H,3H2,1-2H3. The lowest BCUT2D eigenvalue weighted by molar-refractivity contribution is 0.583. The summed E-state index contributed by atoms with van der Waals surface area (Å²) in [7, 11) is 0. The van der Waals surface area contributed by atoms with E-state index in [4.69, 9.17) is 11.6 Å². The highest BCUT2D eigenvalue weighted by atomic mass is 35.5. The maximum Gasteiger partial charge on any atom is 0.123 e. The first-order valence-corrected chi connectivity index (χ1v) is 4.71. The van der Waals surface area contributed by atoms with Crippen molar-refractivity contribution < 1.29 is 4.39 Å². The van der Waals surface area contributed by atoms with Gasteiger partial charge in [0, 0.05) is 11.1 Å². The van der Waals surface area contributed by atoms with E-state index in [9.17, 15) is 4.39 Å². The van der Waals surface area contributed by atoms with Crippen molar-refractivity contribution in [2.75, 3.05) is 6.54 Å². The average Bonchev–Trinajstić information content (AvgIpc) is 2.09. The van der Waals surface area contributed by atoms with E-state index in [0.29, 0.717) is 5.02 Å². The SMILES string of the molecule is CCNC(C)c1cc(F)ccc1Cl. The fourth-order valence-electron chi connectivity index (χ4n) is 1.26. The highest BCUT2D eigenvalue weighted by Gasteiger charge is 2.08. The summed E-state index contributed by atoms with van der Waals surface area (Å²) in [5.41, 5.74) is 0.809. The van der Waals surface area contributed by atoms with Crippen molar-refractivity contribution in [2.24, 2.45) is 0 Å². The fourth-order valence-corrected chi connectivity index (χ4v) is 1.54. The summed E-state index contributed by atoms with van der Waals surface area (Å²) in [5, 5.41) is 3.79. The number of benzene rings is 1. The van der Waals surface area contributed by atoms with E-state index >= 15 is 0 Å². The molecule has 0 aliphatic heterocycles. The van der Waals surface area contributed by atoms with Crippen LogP contribution in [0, 0.1) is 5.82 Å². The number of hydrogen-bond acceptors (Lipinski definition) is 1. The second-order valence-corrected chi connectivity index (χ2v) is 3.35. The average molecular weight is 202 g/mol. The first kappa shape index (κ1) is 10.5. The van der Waals surface area contributed by atoms with Gasteiger partial charge in [-0.2, -0.15) is 0 Å². The summed E-state index contributed by atoms with van der Waals surface area (Å²) in [4.78, 5) is 0. The Morgan fingerprint density at radius 2 is 2.23 bits per heavy atom. The van der Waals surface area contributed by atoms with Gasteiger partial charge in [0.05, 0.1) is 0 Å². The Balaban J connectivity index is 2.91. The third-order valence-electron chi connectivity index (χ3n) is 1.93. The number of halogens is 2. The normalized spacial score (nSPS) is 12.9. The number of nitrogens with one attached hydrogen (secondary N) is 1.